The third kappa shape index (κ3) is 3.59. The van der Waals surface area contributed by atoms with Crippen LogP contribution in [0.1, 0.15) is 38.2 Å². The van der Waals surface area contributed by atoms with Crippen molar-refractivity contribution in [2.24, 2.45) is 5.92 Å². The van der Waals surface area contributed by atoms with Crippen molar-refractivity contribution in [2.45, 2.75) is 50.7 Å². The number of rotatable bonds is 4. The number of aliphatic hydroxyl groups excluding tert-OH is 1. The van der Waals surface area contributed by atoms with Crippen LogP contribution in [0.2, 0.25) is 0 Å². The monoisotopic (exact) mass is 326 g/mol. The van der Waals surface area contributed by atoms with Crippen LogP contribution < -0.4 is 0 Å². The van der Waals surface area contributed by atoms with Gasteiger partial charge in [-0.05, 0) is 36.5 Å². The molecule has 0 aliphatic heterocycles. The van der Waals surface area contributed by atoms with Crippen molar-refractivity contribution < 1.29 is 9.84 Å². The molecule has 1 saturated carbocycles. The van der Waals surface area contributed by atoms with Gasteiger partial charge in [0.2, 0.25) is 0 Å². The second-order valence-corrected chi connectivity index (χ2v) is 6.74. The lowest BCUT2D eigenvalue weighted by Gasteiger charge is -2.42. The maximum Gasteiger partial charge on any atom is 0.0942 e. The zero-order valence-corrected chi connectivity index (χ0v) is 13.3. The molecular weight excluding hydrogens is 304 g/mol. The Morgan fingerprint density at radius 2 is 2.32 bits per heavy atom. The maximum atomic E-state index is 10.6. The molecule has 0 aromatic heterocycles. The Bertz CT molecular complexity index is 421. The van der Waals surface area contributed by atoms with Crippen molar-refractivity contribution in [1.82, 2.24) is 0 Å². The number of hydrogen-bond acceptors (Lipinski definition) is 2. The van der Waals surface area contributed by atoms with Gasteiger partial charge < -0.3 is 9.84 Å². The van der Waals surface area contributed by atoms with Crippen molar-refractivity contribution in [2.75, 3.05) is 7.11 Å². The molecule has 1 fully saturated rings. The summed E-state index contributed by atoms with van der Waals surface area (Å²) in [5.74, 6) is 0.630. The van der Waals surface area contributed by atoms with Crippen LogP contribution in [-0.4, -0.2) is 23.9 Å². The van der Waals surface area contributed by atoms with Crippen LogP contribution >= 0.6 is 15.9 Å². The third-order valence-corrected chi connectivity index (χ3v) is 4.82. The molecule has 2 nitrogen and oxygen atoms in total. The van der Waals surface area contributed by atoms with Crippen LogP contribution in [0.4, 0.5) is 0 Å². The maximum absolute atomic E-state index is 10.6. The Balaban J connectivity index is 2.10. The molecule has 19 heavy (non-hydrogen) atoms. The quantitative estimate of drug-likeness (QED) is 0.907. The van der Waals surface area contributed by atoms with E-state index in [-0.39, 0.29) is 5.60 Å². The first-order valence-electron chi connectivity index (χ1n) is 7.03. The van der Waals surface area contributed by atoms with Gasteiger partial charge in [-0.3, -0.25) is 0 Å². The normalized spacial score (nSPS) is 29.2. The summed E-state index contributed by atoms with van der Waals surface area (Å²) in [4.78, 5) is 0. The van der Waals surface area contributed by atoms with Crippen LogP contribution in [0.25, 0.3) is 0 Å². The summed E-state index contributed by atoms with van der Waals surface area (Å²) in [6, 6.07) is 8.14. The lowest BCUT2D eigenvalue weighted by atomic mass is 9.74. The zero-order valence-electron chi connectivity index (χ0n) is 11.7. The molecule has 0 radical (unpaired) electrons. The molecule has 106 valence electrons. The predicted octanol–water partition coefficient (Wildman–Crippen LogP) is 3.95. The Labute approximate surface area is 124 Å². The Kier molecular flexibility index (Phi) is 5.04. The van der Waals surface area contributed by atoms with Gasteiger partial charge in [-0.25, -0.2) is 0 Å². The summed E-state index contributed by atoms with van der Waals surface area (Å²) in [7, 11) is 1.74. The van der Waals surface area contributed by atoms with Crippen molar-refractivity contribution >= 4 is 15.9 Å². The number of ether oxygens (including phenoxy) is 1. The topological polar surface area (TPSA) is 29.5 Å². The minimum Gasteiger partial charge on any atom is -0.390 e. The second-order valence-electron chi connectivity index (χ2n) is 5.82. The van der Waals surface area contributed by atoms with Crippen LogP contribution in [0.15, 0.2) is 28.7 Å². The average molecular weight is 327 g/mol. The Morgan fingerprint density at radius 1 is 1.53 bits per heavy atom. The summed E-state index contributed by atoms with van der Waals surface area (Å²) >= 11 is 3.48. The van der Waals surface area contributed by atoms with Crippen molar-refractivity contribution in [3.05, 3.63) is 34.3 Å². The van der Waals surface area contributed by atoms with E-state index in [1.165, 1.54) is 6.42 Å². The molecule has 3 heteroatoms. The number of benzene rings is 1. The highest BCUT2D eigenvalue weighted by atomic mass is 79.9. The summed E-state index contributed by atoms with van der Waals surface area (Å²) in [5.41, 5.74) is 0.788. The van der Waals surface area contributed by atoms with Gasteiger partial charge in [0, 0.05) is 18.0 Å². The first kappa shape index (κ1) is 15.0. The molecule has 3 unspecified atom stereocenters. The van der Waals surface area contributed by atoms with Crippen molar-refractivity contribution in [3.63, 3.8) is 0 Å². The molecule has 1 aromatic carbocycles. The lowest BCUT2D eigenvalue weighted by molar-refractivity contribution is -0.131. The van der Waals surface area contributed by atoms with E-state index in [4.69, 9.17) is 4.74 Å². The molecule has 0 saturated heterocycles. The molecule has 1 aliphatic rings. The molecule has 1 N–H and O–H groups in total. The number of halogens is 1. The predicted molar refractivity (Wildman–Crippen MR) is 81.2 cm³/mol. The van der Waals surface area contributed by atoms with Gasteiger partial charge in [-0.15, -0.1) is 0 Å². The summed E-state index contributed by atoms with van der Waals surface area (Å²) in [6.07, 6.45) is 4.52. The highest BCUT2D eigenvalue weighted by Gasteiger charge is 2.41. The standard InChI is InChI=1S/C16H23BrO2/c1-12-5-4-8-16(11-12,19-2)15(18)10-13-6-3-7-14(17)9-13/h3,6-7,9,12,15,18H,4-5,8,10-11H2,1-2H3. The molecule has 3 atom stereocenters. The lowest BCUT2D eigenvalue weighted by Crippen LogP contribution is -2.48. The van der Waals surface area contributed by atoms with Crippen molar-refractivity contribution in [1.29, 1.82) is 0 Å². The first-order valence-corrected chi connectivity index (χ1v) is 7.83. The molecular formula is C16H23BrO2. The van der Waals surface area contributed by atoms with Crippen LogP contribution in [0.5, 0.6) is 0 Å². The van der Waals surface area contributed by atoms with Crippen LogP contribution in [0, 0.1) is 5.92 Å². The fourth-order valence-corrected chi connectivity index (χ4v) is 3.69. The number of aliphatic hydroxyl groups is 1. The molecule has 0 heterocycles. The highest BCUT2D eigenvalue weighted by molar-refractivity contribution is 9.10. The van der Waals surface area contributed by atoms with Crippen LogP contribution in [-0.2, 0) is 11.2 Å². The molecule has 0 amide bonds. The van der Waals surface area contributed by atoms with Crippen molar-refractivity contribution in [3.8, 4) is 0 Å². The van der Waals surface area contributed by atoms with E-state index < -0.39 is 6.10 Å². The molecule has 1 aromatic rings. The fraction of sp³-hybridized carbons (Fsp3) is 0.625. The minimum absolute atomic E-state index is 0.361. The summed E-state index contributed by atoms with van der Waals surface area (Å²) < 4.78 is 6.81. The fourth-order valence-electron chi connectivity index (χ4n) is 3.24. The molecule has 0 bridgehead atoms. The number of methoxy groups -OCH3 is 1. The Morgan fingerprint density at radius 3 is 2.95 bits per heavy atom. The molecule has 0 spiro atoms. The van der Waals surface area contributed by atoms with Crippen LogP contribution in [0.3, 0.4) is 0 Å². The smallest absolute Gasteiger partial charge is 0.0942 e. The van der Waals surface area contributed by atoms with E-state index in [2.05, 4.69) is 35.0 Å². The minimum atomic E-state index is -0.436. The summed E-state index contributed by atoms with van der Waals surface area (Å²) in [5, 5.41) is 10.6. The second kappa shape index (κ2) is 6.38. The van der Waals surface area contributed by atoms with E-state index in [9.17, 15) is 5.11 Å². The van der Waals surface area contributed by atoms with E-state index >= 15 is 0 Å². The van der Waals surface area contributed by atoms with Gasteiger partial charge >= 0.3 is 0 Å². The van der Waals surface area contributed by atoms with Gasteiger partial charge in [0.1, 0.15) is 0 Å². The SMILES string of the molecule is COC1(C(O)Cc2cccc(Br)c2)CCCC(C)C1. The van der Waals surface area contributed by atoms with Gasteiger partial charge in [-0.1, -0.05) is 47.8 Å². The van der Waals surface area contributed by atoms with Gasteiger partial charge in [0.05, 0.1) is 11.7 Å². The van der Waals surface area contributed by atoms with Gasteiger partial charge in [0.15, 0.2) is 0 Å². The van der Waals surface area contributed by atoms with Gasteiger partial charge in [-0.2, -0.15) is 0 Å². The summed E-state index contributed by atoms with van der Waals surface area (Å²) in [6.45, 7) is 2.25. The average Bonchev–Trinajstić information content (AvgIpc) is 2.38. The first-order chi connectivity index (χ1) is 9.05. The van der Waals surface area contributed by atoms with E-state index in [1.807, 2.05) is 12.1 Å². The Hall–Kier alpha value is -0.380. The third-order valence-electron chi connectivity index (χ3n) is 4.32. The zero-order chi connectivity index (χ0) is 13.9. The molecule has 2 rings (SSSR count). The van der Waals surface area contributed by atoms with Gasteiger partial charge in [0.25, 0.3) is 0 Å². The highest BCUT2D eigenvalue weighted by Crippen LogP contribution is 2.38. The van der Waals surface area contributed by atoms with E-state index in [1.54, 1.807) is 7.11 Å². The molecule has 1 aliphatic carbocycles. The van der Waals surface area contributed by atoms with E-state index in [0.717, 1.165) is 29.3 Å². The van der Waals surface area contributed by atoms with E-state index in [0.29, 0.717) is 12.3 Å². The largest absolute Gasteiger partial charge is 0.390 e. The number of hydrogen-bond donors (Lipinski definition) is 1.